The molecule has 1 amide bonds. The summed E-state index contributed by atoms with van der Waals surface area (Å²) >= 11 is 2.98. The van der Waals surface area contributed by atoms with Crippen LogP contribution in [-0.4, -0.2) is 17.1 Å². The Balaban J connectivity index is 1.89. The quantitative estimate of drug-likeness (QED) is 0.708. The summed E-state index contributed by atoms with van der Waals surface area (Å²) in [6, 6.07) is 9.67. The molecule has 0 saturated heterocycles. The van der Waals surface area contributed by atoms with E-state index >= 15 is 0 Å². The minimum absolute atomic E-state index is 0.199. The van der Waals surface area contributed by atoms with E-state index in [0.29, 0.717) is 10.6 Å². The van der Waals surface area contributed by atoms with Crippen LogP contribution in [0.2, 0.25) is 0 Å². The molecule has 0 aliphatic rings. The summed E-state index contributed by atoms with van der Waals surface area (Å²) in [6.07, 6.45) is 3.79. The number of hydrogen-bond donors (Lipinski definition) is 2. The lowest BCUT2D eigenvalue weighted by Gasteiger charge is -2.05. The zero-order chi connectivity index (χ0) is 15.7. The summed E-state index contributed by atoms with van der Waals surface area (Å²) in [4.78, 5) is 19.2. The number of pyridine rings is 1. The number of aryl methyl sites for hydroxylation is 1. The number of fused-ring (bicyclic) bond motifs is 1. The molecule has 3 rings (SSSR count). The first kappa shape index (κ1) is 14.9. The van der Waals surface area contributed by atoms with Gasteiger partial charge in [0.25, 0.3) is 5.91 Å². The summed E-state index contributed by atoms with van der Waals surface area (Å²) in [7, 11) is 0. The number of anilines is 2. The van der Waals surface area contributed by atoms with Crippen LogP contribution in [0.4, 0.5) is 11.4 Å². The van der Waals surface area contributed by atoms with Gasteiger partial charge in [-0.25, -0.2) is 4.98 Å². The lowest BCUT2D eigenvalue weighted by atomic mass is 10.2. The van der Waals surface area contributed by atoms with E-state index < -0.39 is 0 Å². The van der Waals surface area contributed by atoms with Crippen molar-refractivity contribution in [2.45, 2.75) is 11.8 Å². The highest BCUT2D eigenvalue weighted by atomic mass is 32.2. The normalized spacial score (nSPS) is 10.8. The smallest absolute Gasteiger partial charge is 0.267 e. The Morgan fingerprint density at radius 2 is 2.05 bits per heavy atom. The van der Waals surface area contributed by atoms with Crippen LogP contribution < -0.4 is 11.1 Å². The van der Waals surface area contributed by atoms with Crippen LogP contribution in [0.1, 0.15) is 15.2 Å². The zero-order valence-electron chi connectivity index (χ0n) is 12.2. The fraction of sp³-hybridized carbons (Fsp3) is 0.125. The number of rotatable bonds is 3. The predicted octanol–water partition coefficient (Wildman–Crippen LogP) is 4.16. The molecule has 6 heteroatoms. The fourth-order valence-corrected chi connectivity index (χ4v) is 3.49. The highest BCUT2D eigenvalue weighted by molar-refractivity contribution is 7.98. The van der Waals surface area contributed by atoms with Crippen LogP contribution in [0, 0.1) is 6.92 Å². The Kier molecular flexibility index (Phi) is 4.04. The van der Waals surface area contributed by atoms with Gasteiger partial charge in [0.1, 0.15) is 9.71 Å². The molecule has 112 valence electrons. The van der Waals surface area contributed by atoms with Crippen molar-refractivity contribution in [2.24, 2.45) is 0 Å². The maximum atomic E-state index is 12.4. The van der Waals surface area contributed by atoms with Gasteiger partial charge in [-0.2, -0.15) is 0 Å². The second-order valence-corrected chi connectivity index (χ2v) is 6.77. The van der Waals surface area contributed by atoms with E-state index in [0.717, 1.165) is 26.4 Å². The molecule has 2 aromatic heterocycles. The molecule has 0 atom stereocenters. The first-order valence-electron chi connectivity index (χ1n) is 6.68. The highest BCUT2D eigenvalue weighted by Crippen LogP contribution is 2.33. The molecule has 2 heterocycles. The number of thioether (sulfide) groups is 1. The number of amides is 1. The minimum atomic E-state index is -0.199. The van der Waals surface area contributed by atoms with E-state index in [-0.39, 0.29) is 5.91 Å². The third-order valence-electron chi connectivity index (χ3n) is 3.28. The lowest BCUT2D eigenvalue weighted by Crippen LogP contribution is -2.11. The molecule has 3 aromatic rings. The van der Waals surface area contributed by atoms with Crippen molar-refractivity contribution in [1.29, 1.82) is 0 Å². The van der Waals surface area contributed by atoms with Crippen LogP contribution >= 0.6 is 23.1 Å². The fourth-order valence-electron chi connectivity index (χ4n) is 2.14. The van der Waals surface area contributed by atoms with Crippen molar-refractivity contribution in [2.75, 3.05) is 17.3 Å². The van der Waals surface area contributed by atoms with Crippen LogP contribution in [0.3, 0.4) is 0 Å². The first-order valence-corrected chi connectivity index (χ1v) is 8.72. The van der Waals surface area contributed by atoms with Gasteiger partial charge < -0.3 is 11.1 Å². The molecule has 0 fully saturated rings. The van der Waals surface area contributed by atoms with Crippen LogP contribution in [0.15, 0.2) is 41.4 Å². The number of carbonyl (C=O) groups is 1. The molecule has 22 heavy (non-hydrogen) atoms. The number of thiophene rings is 1. The summed E-state index contributed by atoms with van der Waals surface area (Å²) < 4.78 is 0. The van der Waals surface area contributed by atoms with Crippen LogP contribution in [-0.2, 0) is 0 Å². The zero-order valence-corrected chi connectivity index (χ0v) is 13.8. The monoisotopic (exact) mass is 329 g/mol. The maximum Gasteiger partial charge on any atom is 0.267 e. The lowest BCUT2D eigenvalue weighted by molar-refractivity contribution is 0.103. The average Bonchev–Trinajstić information content (AvgIpc) is 2.85. The van der Waals surface area contributed by atoms with Gasteiger partial charge in [-0.05, 0) is 49.1 Å². The molecular formula is C16H15N3OS2. The van der Waals surface area contributed by atoms with E-state index in [1.165, 1.54) is 11.3 Å². The van der Waals surface area contributed by atoms with Gasteiger partial charge >= 0.3 is 0 Å². The van der Waals surface area contributed by atoms with Crippen molar-refractivity contribution >= 4 is 50.6 Å². The summed E-state index contributed by atoms with van der Waals surface area (Å²) in [6.45, 7) is 1.95. The van der Waals surface area contributed by atoms with E-state index in [9.17, 15) is 4.79 Å². The summed E-state index contributed by atoms with van der Waals surface area (Å²) in [5.41, 5.74) is 8.39. The SMILES string of the molecule is CSc1ccc(NC(=O)c2sc3ncc(C)cc3c2N)cc1. The van der Waals surface area contributed by atoms with Crippen molar-refractivity contribution in [3.63, 3.8) is 0 Å². The molecule has 1 aromatic carbocycles. The number of nitrogens with one attached hydrogen (secondary N) is 1. The maximum absolute atomic E-state index is 12.4. The molecule has 4 nitrogen and oxygen atoms in total. The minimum Gasteiger partial charge on any atom is -0.397 e. The van der Waals surface area contributed by atoms with E-state index in [1.807, 2.05) is 43.5 Å². The van der Waals surface area contributed by atoms with E-state index in [4.69, 9.17) is 5.73 Å². The molecule has 0 radical (unpaired) electrons. The van der Waals surface area contributed by atoms with Gasteiger partial charge in [0.05, 0.1) is 5.69 Å². The van der Waals surface area contributed by atoms with Gasteiger partial charge in [0.2, 0.25) is 0 Å². The molecule has 0 unspecified atom stereocenters. The van der Waals surface area contributed by atoms with Gasteiger partial charge in [-0.15, -0.1) is 23.1 Å². The topological polar surface area (TPSA) is 68.0 Å². The Morgan fingerprint density at radius 3 is 2.73 bits per heavy atom. The van der Waals surface area contributed by atoms with Crippen molar-refractivity contribution in [1.82, 2.24) is 4.98 Å². The third-order valence-corrected chi connectivity index (χ3v) is 5.15. The summed E-state index contributed by atoms with van der Waals surface area (Å²) in [5.74, 6) is -0.199. The number of benzene rings is 1. The molecule has 0 spiro atoms. The molecule has 0 bridgehead atoms. The highest BCUT2D eigenvalue weighted by Gasteiger charge is 2.17. The van der Waals surface area contributed by atoms with E-state index in [2.05, 4.69) is 10.3 Å². The summed E-state index contributed by atoms with van der Waals surface area (Å²) in [5, 5.41) is 3.72. The Hall–Kier alpha value is -2.05. The first-order chi connectivity index (χ1) is 10.6. The molecular weight excluding hydrogens is 314 g/mol. The Labute approximate surface area is 136 Å². The third kappa shape index (κ3) is 2.80. The second kappa shape index (κ2) is 5.98. The number of carbonyl (C=O) groups excluding carboxylic acids is 1. The molecule has 0 aliphatic heterocycles. The van der Waals surface area contributed by atoms with Gasteiger partial charge in [-0.1, -0.05) is 0 Å². The van der Waals surface area contributed by atoms with Gasteiger partial charge in [-0.3, -0.25) is 4.79 Å². The molecule has 0 aliphatic carbocycles. The predicted molar refractivity (Wildman–Crippen MR) is 94.9 cm³/mol. The number of nitrogens with zero attached hydrogens (tertiary/aromatic N) is 1. The largest absolute Gasteiger partial charge is 0.397 e. The molecule has 3 N–H and O–H groups in total. The second-order valence-electron chi connectivity index (χ2n) is 4.89. The Morgan fingerprint density at radius 1 is 1.32 bits per heavy atom. The Bertz CT molecular complexity index is 840. The van der Waals surface area contributed by atoms with Gasteiger partial charge in [0.15, 0.2) is 0 Å². The van der Waals surface area contributed by atoms with Gasteiger partial charge in [0, 0.05) is 22.2 Å². The number of aromatic nitrogens is 1. The van der Waals surface area contributed by atoms with E-state index in [1.54, 1.807) is 18.0 Å². The van der Waals surface area contributed by atoms with Crippen molar-refractivity contribution in [3.8, 4) is 0 Å². The number of nitrogens with two attached hydrogens (primary N) is 1. The molecule has 0 saturated carbocycles. The van der Waals surface area contributed by atoms with Crippen molar-refractivity contribution in [3.05, 3.63) is 47.0 Å². The number of nitrogen functional groups attached to an aromatic ring is 1. The number of hydrogen-bond acceptors (Lipinski definition) is 5. The van der Waals surface area contributed by atoms with Crippen molar-refractivity contribution < 1.29 is 4.79 Å². The van der Waals surface area contributed by atoms with Crippen LogP contribution in [0.5, 0.6) is 0 Å². The standard InChI is InChI=1S/C16H15N3OS2/c1-9-7-12-13(17)14(22-16(12)18-8-9)15(20)19-10-3-5-11(21-2)6-4-10/h3-8H,17H2,1-2H3,(H,19,20). The average molecular weight is 329 g/mol. The van der Waals surface area contributed by atoms with Crippen LogP contribution in [0.25, 0.3) is 10.2 Å².